The number of amides is 2. The van der Waals surface area contributed by atoms with Crippen LogP contribution in [0, 0.1) is 0 Å². The van der Waals surface area contributed by atoms with Crippen molar-refractivity contribution in [2.24, 2.45) is 0 Å². The number of nitrogens with one attached hydrogen (secondary N) is 1. The van der Waals surface area contributed by atoms with E-state index in [2.05, 4.69) is 10.2 Å². The number of aromatic nitrogens is 2. The number of rotatable bonds is 3. The maximum absolute atomic E-state index is 13.1. The summed E-state index contributed by atoms with van der Waals surface area (Å²) in [6.45, 7) is 2.74. The third kappa shape index (κ3) is 3.07. The first-order valence-electron chi connectivity index (χ1n) is 9.42. The van der Waals surface area contributed by atoms with Crippen molar-refractivity contribution >= 4 is 17.5 Å². The first kappa shape index (κ1) is 17.6. The number of hydrogen-bond donors (Lipinski definition) is 1. The van der Waals surface area contributed by atoms with Crippen molar-refractivity contribution in [1.82, 2.24) is 15.1 Å². The summed E-state index contributed by atoms with van der Waals surface area (Å²) in [7, 11) is 1.61. The molecule has 1 unspecified atom stereocenters. The number of aromatic amines is 1. The predicted molar refractivity (Wildman–Crippen MR) is 101 cm³/mol. The van der Waals surface area contributed by atoms with E-state index in [1.54, 1.807) is 23.8 Å². The number of benzene rings is 1. The van der Waals surface area contributed by atoms with E-state index in [0.717, 1.165) is 48.4 Å². The van der Waals surface area contributed by atoms with Gasteiger partial charge in [0.25, 0.3) is 5.91 Å². The summed E-state index contributed by atoms with van der Waals surface area (Å²) in [5.74, 6) is 0.519. The third-order valence-electron chi connectivity index (χ3n) is 5.56. The quantitative estimate of drug-likeness (QED) is 0.901. The van der Waals surface area contributed by atoms with Crippen molar-refractivity contribution in [3.05, 3.63) is 41.2 Å². The van der Waals surface area contributed by atoms with Crippen LogP contribution in [0.5, 0.6) is 5.75 Å². The van der Waals surface area contributed by atoms with E-state index in [9.17, 15) is 9.59 Å². The first-order valence-corrected chi connectivity index (χ1v) is 9.42. The van der Waals surface area contributed by atoms with E-state index < -0.39 is 6.04 Å². The molecule has 2 amide bonds. The average Bonchev–Trinajstić information content (AvgIpc) is 3.14. The van der Waals surface area contributed by atoms with E-state index >= 15 is 0 Å². The van der Waals surface area contributed by atoms with Crippen LogP contribution >= 0.6 is 0 Å². The lowest BCUT2D eigenvalue weighted by Gasteiger charge is -2.39. The van der Waals surface area contributed by atoms with Gasteiger partial charge in [-0.05, 0) is 56.9 Å². The van der Waals surface area contributed by atoms with E-state index in [-0.39, 0.29) is 11.8 Å². The molecule has 4 rings (SSSR count). The molecule has 0 spiro atoms. The van der Waals surface area contributed by atoms with Gasteiger partial charge < -0.3 is 14.5 Å². The molecule has 1 aromatic carbocycles. The number of methoxy groups -OCH3 is 1. The lowest BCUT2D eigenvalue weighted by Crippen LogP contribution is -2.58. The molecule has 0 bridgehead atoms. The molecule has 0 saturated carbocycles. The molecule has 1 saturated heterocycles. The fourth-order valence-corrected chi connectivity index (χ4v) is 3.96. The minimum Gasteiger partial charge on any atom is -0.497 e. The van der Waals surface area contributed by atoms with Gasteiger partial charge in [0.15, 0.2) is 5.69 Å². The smallest absolute Gasteiger partial charge is 0.275 e. The number of anilines is 1. The molecule has 1 aliphatic carbocycles. The number of piperazine rings is 1. The molecule has 0 radical (unpaired) electrons. The molecule has 1 atom stereocenters. The number of carbonyl (C=O) groups excluding carboxylic acids is 2. The number of ether oxygens (including phenoxy) is 1. The van der Waals surface area contributed by atoms with Gasteiger partial charge in [0.1, 0.15) is 11.8 Å². The van der Waals surface area contributed by atoms with Crippen molar-refractivity contribution in [2.75, 3.05) is 25.1 Å². The number of aryl methyl sites for hydroxylation is 1. The second-order valence-electron chi connectivity index (χ2n) is 7.10. The Morgan fingerprint density at radius 1 is 1.19 bits per heavy atom. The van der Waals surface area contributed by atoms with Crippen molar-refractivity contribution in [2.45, 2.75) is 38.6 Å². The second kappa shape index (κ2) is 7.06. The molecule has 1 aliphatic heterocycles. The molecule has 7 nitrogen and oxygen atoms in total. The Kier molecular flexibility index (Phi) is 4.59. The van der Waals surface area contributed by atoms with Crippen molar-refractivity contribution in [3.63, 3.8) is 0 Å². The number of carbonyl (C=O) groups is 2. The highest BCUT2D eigenvalue weighted by molar-refractivity contribution is 6.03. The molecule has 2 heterocycles. The lowest BCUT2D eigenvalue weighted by molar-refractivity contribution is -0.124. The van der Waals surface area contributed by atoms with Crippen LogP contribution < -0.4 is 9.64 Å². The van der Waals surface area contributed by atoms with Gasteiger partial charge in [-0.3, -0.25) is 14.7 Å². The first-order chi connectivity index (χ1) is 13.1. The Morgan fingerprint density at radius 2 is 1.93 bits per heavy atom. The van der Waals surface area contributed by atoms with Crippen LogP contribution in [0.4, 0.5) is 5.69 Å². The average molecular weight is 368 g/mol. The summed E-state index contributed by atoms with van der Waals surface area (Å²) in [6, 6.07) is 6.88. The summed E-state index contributed by atoms with van der Waals surface area (Å²) >= 11 is 0. The van der Waals surface area contributed by atoms with Gasteiger partial charge in [-0.15, -0.1) is 0 Å². The fourth-order valence-electron chi connectivity index (χ4n) is 3.96. The maximum atomic E-state index is 13.1. The van der Waals surface area contributed by atoms with Crippen LogP contribution in [0.15, 0.2) is 24.3 Å². The molecular formula is C20H24N4O3. The second-order valence-corrected chi connectivity index (χ2v) is 7.10. The highest BCUT2D eigenvalue weighted by Gasteiger charge is 2.37. The third-order valence-corrected chi connectivity index (χ3v) is 5.56. The molecule has 142 valence electrons. The highest BCUT2D eigenvalue weighted by Crippen LogP contribution is 2.26. The number of H-pyrrole nitrogens is 1. The van der Waals surface area contributed by atoms with Gasteiger partial charge >= 0.3 is 0 Å². The summed E-state index contributed by atoms with van der Waals surface area (Å²) in [5.41, 5.74) is 3.41. The van der Waals surface area contributed by atoms with Crippen LogP contribution in [0.1, 0.15) is 41.5 Å². The summed E-state index contributed by atoms with van der Waals surface area (Å²) in [4.78, 5) is 29.4. The minimum atomic E-state index is -0.524. The largest absolute Gasteiger partial charge is 0.497 e. The Hall–Kier alpha value is -2.83. The van der Waals surface area contributed by atoms with Crippen molar-refractivity contribution in [1.29, 1.82) is 0 Å². The molecule has 27 heavy (non-hydrogen) atoms. The minimum absolute atomic E-state index is 0.0795. The summed E-state index contributed by atoms with van der Waals surface area (Å²) in [6.07, 6.45) is 4.02. The van der Waals surface area contributed by atoms with Gasteiger partial charge in [-0.2, -0.15) is 5.10 Å². The highest BCUT2D eigenvalue weighted by atomic mass is 16.5. The molecule has 2 aromatic rings. The van der Waals surface area contributed by atoms with Crippen LogP contribution in [-0.2, 0) is 17.6 Å². The van der Waals surface area contributed by atoms with Crippen molar-refractivity contribution < 1.29 is 14.3 Å². The van der Waals surface area contributed by atoms with E-state index in [1.165, 1.54) is 0 Å². The molecule has 1 N–H and O–H groups in total. The normalized spacial score (nSPS) is 19.8. The number of hydrogen-bond acceptors (Lipinski definition) is 4. The summed E-state index contributed by atoms with van der Waals surface area (Å²) in [5, 5.41) is 7.29. The van der Waals surface area contributed by atoms with Gasteiger partial charge in [0, 0.05) is 30.0 Å². The van der Waals surface area contributed by atoms with E-state index in [0.29, 0.717) is 18.8 Å². The molecule has 2 aliphatic rings. The topological polar surface area (TPSA) is 78.5 Å². The zero-order valence-corrected chi connectivity index (χ0v) is 15.7. The van der Waals surface area contributed by atoms with Crippen molar-refractivity contribution in [3.8, 4) is 5.75 Å². The number of nitrogens with zero attached hydrogens (tertiary/aromatic N) is 3. The van der Waals surface area contributed by atoms with E-state index in [4.69, 9.17) is 4.74 Å². The van der Waals surface area contributed by atoms with Crippen LogP contribution in [0.2, 0.25) is 0 Å². The maximum Gasteiger partial charge on any atom is 0.275 e. The van der Waals surface area contributed by atoms with Crippen LogP contribution in [-0.4, -0.2) is 53.2 Å². The van der Waals surface area contributed by atoms with Gasteiger partial charge in [0.2, 0.25) is 5.91 Å². The monoisotopic (exact) mass is 368 g/mol. The molecule has 1 aromatic heterocycles. The Morgan fingerprint density at radius 3 is 2.67 bits per heavy atom. The molecule has 1 fully saturated rings. The van der Waals surface area contributed by atoms with Crippen LogP contribution in [0.3, 0.4) is 0 Å². The van der Waals surface area contributed by atoms with Crippen LogP contribution in [0.25, 0.3) is 0 Å². The molecule has 7 heteroatoms. The fraction of sp³-hybridized carbons (Fsp3) is 0.450. The van der Waals surface area contributed by atoms with Gasteiger partial charge in [-0.1, -0.05) is 0 Å². The Balaban J connectivity index is 1.52. The summed E-state index contributed by atoms with van der Waals surface area (Å²) < 4.78 is 5.17. The Labute approximate surface area is 158 Å². The SMILES string of the molecule is COc1ccc(N2CCN(C(=O)c3n[nH]c4c3CCCC4)C(C)C2=O)cc1. The standard InChI is InChI=1S/C20H24N4O3/c1-13-19(25)24(14-7-9-15(27-2)10-8-14)12-11-23(13)20(26)18-16-5-3-4-6-17(16)21-22-18/h7-10,13H,3-6,11-12H2,1-2H3,(H,21,22). The van der Waals surface area contributed by atoms with Gasteiger partial charge in [-0.25, -0.2) is 0 Å². The van der Waals surface area contributed by atoms with E-state index in [1.807, 2.05) is 24.3 Å². The molecular weight excluding hydrogens is 344 g/mol. The number of fused-ring (bicyclic) bond motifs is 1. The Bertz CT molecular complexity index is 859. The zero-order valence-electron chi connectivity index (χ0n) is 15.7. The lowest BCUT2D eigenvalue weighted by atomic mass is 9.95. The predicted octanol–water partition coefficient (Wildman–Crippen LogP) is 2.17. The zero-order chi connectivity index (χ0) is 19.0. The van der Waals surface area contributed by atoms with Gasteiger partial charge in [0.05, 0.1) is 7.11 Å².